The summed E-state index contributed by atoms with van der Waals surface area (Å²) in [6.45, 7) is 1.21. The Morgan fingerprint density at radius 3 is 1.65 bits per heavy atom. The summed E-state index contributed by atoms with van der Waals surface area (Å²) >= 11 is -1.02. The summed E-state index contributed by atoms with van der Waals surface area (Å²) in [4.78, 5) is 10.2. The van der Waals surface area contributed by atoms with E-state index in [1.54, 1.807) is 0 Å². The number of benzene rings is 1. The van der Waals surface area contributed by atoms with Gasteiger partial charge >= 0.3 is 11.0 Å². The van der Waals surface area contributed by atoms with E-state index < -0.39 is 34.5 Å². The molecule has 0 fully saturated rings. The smallest absolute Gasteiger partial charge is 0.300 e. The third kappa shape index (κ3) is 7.09. The minimum atomic E-state index is -4.60. The van der Waals surface area contributed by atoms with Crippen LogP contribution in [0.2, 0.25) is 0 Å². The molecule has 0 saturated carbocycles. The van der Waals surface area contributed by atoms with Crippen LogP contribution in [-0.2, 0) is 11.2 Å². The van der Waals surface area contributed by atoms with Crippen LogP contribution in [0.5, 0.6) is 0 Å². The number of ketones is 1. The molecule has 0 aliphatic rings. The van der Waals surface area contributed by atoms with Crippen LogP contribution in [0.3, 0.4) is 0 Å². The first-order chi connectivity index (χ1) is 8.94. The summed E-state index contributed by atoms with van der Waals surface area (Å²) in [6, 6.07) is 2.94. The fourth-order valence-corrected chi connectivity index (χ4v) is 2.81. The summed E-state index contributed by atoms with van der Waals surface area (Å²) in [6.07, 6.45) is -0.211. The van der Waals surface area contributed by atoms with Crippen molar-refractivity contribution in [2.75, 3.05) is 0 Å². The second-order valence-electron chi connectivity index (χ2n) is 3.79. The molecule has 0 bridgehead atoms. The van der Waals surface area contributed by atoms with Crippen LogP contribution < -0.4 is 0 Å². The molecular weight excluding hydrogens is 326 g/mol. The SMILES string of the molecule is CC(=O)Cc1cc(SC(F)(F)F)cc(SC(F)(F)F)c1. The molecule has 0 heterocycles. The predicted molar refractivity (Wildman–Crippen MR) is 64.7 cm³/mol. The van der Waals surface area contributed by atoms with Crippen molar-refractivity contribution < 1.29 is 31.1 Å². The molecule has 1 nitrogen and oxygen atoms in total. The van der Waals surface area contributed by atoms with Gasteiger partial charge in [0.15, 0.2) is 0 Å². The van der Waals surface area contributed by atoms with Crippen molar-refractivity contribution in [2.24, 2.45) is 0 Å². The van der Waals surface area contributed by atoms with E-state index in [9.17, 15) is 31.1 Å². The normalized spacial score (nSPS) is 12.6. The zero-order chi connectivity index (χ0) is 15.6. The summed E-state index contributed by atoms with van der Waals surface area (Å²) in [5.74, 6) is -0.345. The van der Waals surface area contributed by atoms with Crippen LogP contribution in [0.4, 0.5) is 26.3 Å². The summed E-state index contributed by atoms with van der Waals surface area (Å²) in [5.41, 5.74) is -9.08. The highest BCUT2D eigenvalue weighted by molar-refractivity contribution is 8.01. The Morgan fingerprint density at radius 1 is 0.950 bits per heavy atom. The number of carbonyl (C=O) groups excluding carboxylic acids is 1. The lowest BCUT2D eigenvalue weighted by Gasteiger charge is -2.11. The van der Waals surface area contributed by atoms with Gasteiger partial charge in [-0.1, -0.05) is 0 Å². The molecule has 0 radical (unpaired) electrons. The van der Waals surface area contributed by atoms with Gasteiger partial charge in [-0.3, -0.25) is 4.79 Å². The van der Waals surface area contributed by atoms with Crippen LogP contribution >= 0.6 is 23.5 Å². The first-order valence-corrected chi connectivity index (χ1v) is 6.73. The van der Waals surface area contributed by atoms with Gasteiger partial charge in [0.25, 0.3) is 0 Å². The molecule has 9 heteroatoms. The molecule has 112 valence electrons. The molecule has 0 amide bonds. The van der Waals surface area contributed by atoms with Crippen molar-refractivity contribution in [3.8, 4) is 0 Å². The largest absolute Gasteiger partial charge is 0.446 e. The maximum atomic E-state index is 12.3. The molecule has 0 aliphatic carbocycles. The van der Waals surface area contributed by atoms with E-state index >= 15 is 0 Å². The minimum Gasteiger partial charge on any atom is -0.300 e. The summed E-state index contributed by atoms with van der Waals surface area (Å²) in [5, 5.41) is 0. The van der Waals surface area contributed by atoms with Gasteiger partial charge in [0.05, 0.1) is 0 Å². The van der Waals surface area contributed by atoms with Gasteiger partial charge < -0.3 is 0 Å². The number of carbonyl (C=O) groups is 1. The van der Waals surface area contributed by atoms with E-state index in [-0.39, 0.29) is 27.6 Å². The lowest BCUT2D eigenvalue weighted by atomic mass is 10.1. The molecule has 1 rings (SSSR count). The van der Waals surface area contributed by atoms with Crippen molar-refractivity contribution in [2.45, 2.75) is 34.2 Å². The Balaban J connectivity index is 3.10. The molecule has 0 spiro atoms. The number of halogens is 6. The van der Waals surface area contributed by atoms with Gasteiger partial charge in [-0.05, 0) is 54.2 Å². The van der Waals surface area contributed by atoms with Gasteiger partial charge in [-0.2, -0.15) is 26.3 Å². The first-order valence-electron chi connectivity index (χ1n) is 5.09. The number of alkyl halides is 6. The van der Waals surface area contributed by atoms with Gasteiger partial charge in [0.2, 0.25) is 0 Å². The first kappa shape index (κ1) is 17.2. The Morgan fingerprint density at radius 2 is 1.35 bits per heavy atom. The van der Waals surface area contributed by atoms with E-state index in [1.807, 2.05) is 0 Å². The van der Waals surface area contributed by atoms with Crippen LogP contribution in [0.15, 0.2) is 28.0 Å². The summed E-state index contributed by atoms with van der Waals surface area (Å²) in [7, 11) is 0. The number of hydrogen-bond acceptors (Lipinski definition) is 3. The van der Waals surface area contributed by atoms with Crippen molar-refractivity contribution in [3.63, 3.8) is 0 Å². The van der Waals surface area contributed by atoms with E-state index in [0.717, 1.165) is 18.2 Å². The molecule has 1 aromatic carbocycles. The Labute approximate surface area is 119 Å². The van der Waals surface area contributed by atoms with E-state index in [0.29, 0.717) is 0 Å². The molecule has 1 aromatic rings. The lowest BCUT2D eigenvalue weighted by molar-refractivity contribution is -0.116. The van der Waals surface area contributed by atoms with Crippen molar-refractivity contribution in [1.29, 1.82) is 0 Å². The highest BCUT2D eigenvalue weighted by atomic mass is 32.2. The standard InChI is InChI=1S/C11H8F6OS2/c1-6(18)2-7-3-8(19-10(12,13)14)5-9(4-7)20-11(15,16)17/h3-5H,2H2,1H3. The molecule has 0 unspecified atom stereocenters. The van der Waals surface area contributed by atoms with Gasteiger partial charge in [-0.25, -0.2) is 0 Å². The minimum absolute atomic E-state index is 0.124. The van der Waals surface area contributed by atoms with Gasteiger partial charge in [0.1, 0.15) is 5.78 Å². The van der Waals surface area contributed by atoms with Crippen molar-refractivity contribution in [3.05, 3.63) is 23.8 Å². The number of Topliss-reactive ketones (excluding diaryl/α,β-unsaturated/α-hetero) is 1. The number of rotatable bonds is 4. The lowest BCUT2D eigenvalue weighted by Crippen LogP contribution is -2.03. The third-order valence-electron chi connectivity index (χ3n) is 1.86. The number of thioether (sulfide) groups is 2. The van der Waals surface area contributed by atoms with E-state index in [1.165, 1.54) is 6.92 Å². The zero-order valence-electron chi connectivity index (χ0n) is 9.93. The predicted octanol–water partition coefficient (Wildman–Crippen LogP) is 5.04. The molecule has 0 N–H and O–H groups in total. The van der Waals surface area contributed by atoms with Crippen LogP contribution in [-0.4, -0.2) is 16.8 Å². The fraction of sp³-hybridized carbons (Fsp3) is 0.364. The van der Waals surface area contributed by atoms with E-state index in [2.05, 4.69) is 0 Å². The second-order valence-corrected chi connectivity index (χ2v) is 6.06. The average molecular weight is 334 g/mol. The molecular formula is C11H8F6OS2. The molecule has 0 aliphatic heterocycles. The molecule has 0 saturated heterocycles. The summed E-state index contributed by atoms with van der Waals surface area (Å²) < 4.78 is 73.6. The van der Waals surface area contributed by atoms with Gasteiger partial charge in [-0.15, -0.1) is 0 Å². The Hall–Kier alpha value is -0.830. The third-order valence-corrected chi connectivity index (χ3v) is 3.27. The maximum Gasteiger partial charge on any atom is 0.446 e. The molecule has 0 atom stereocenters. The quantitative estimate of drug-likeness (QED) is 0.567. The average Bonchev–Trinajstić information content (AvgIpc) is 2.08. The van der Waals surface area contributed by atoms with Gasteiger partial charge in [0, 0.05) is 16.2 Å². The topological polar surface area (TPSA) is 17.1 Å². The monoisotopic (exact) mass is 334 g/mol. The highest BCUT2D eigenvalue weighted by Gasteiger charge is 2.32. The van der Waals surface area contributed by atoms with Crippen LogP contribution in [0.1, 0.15) is 12.5 Å². The zero-order valence-corrected chi connectivity index (χ0v) is 11.6. The highest BCUT2D eigenvalue weighted by Crippen LogP contribution is 2.42. The van der Waals surface area contributed by atoms with E-state index in [4.69, 9.17) is 0 Å². The van der Waals surface area contributed by atoms with Crippen LogP contribution in [0, 0.1) is 0 Å². The van der Waals surface area contributed by atoms with Crippen molar-refractivity contribution in [1.82, 2.24) is 0 Å². The van der Waals surface area contributed by atoms with Crippen molar-refractivity contribution >= 4 is 29.3 Å². The Kier molecular flexibility index (Phi) is 5.42. The molecule has 0 aromatic heterocycles. The fourth-order valence-electron chi connectivity index (χ4n) is 1.41. The number of hydrogen-bond donors (Lipinski definition) is 0. The Bertz CT molecular complexity index is 460. The maximum absolute atomic E-state index is 12.3. The van der Waals surface area contributed by atoms with Crippen LogP contribution in [0.25, 0.3) is 0 Å². The second kappa shape index (κ2) is 6.30. The molecule has 20 heavy (non-hydrogen) atoms.